The van der Waals surface area contributed by atoms with E-state index in [0.717, 1.165) is 32.5 Å². The summed E-state index contributed by atoms with van der Waals surface area (Å²) in [5.74, 6) is 0.773. The first-order valence-corrected chi connectivity index (χ1v) is 4.63. The highest BCUT2D eigenvalue weighted by atomic mass is 15.3. The Hall–Kier alpha value is -1.26. The van der Waals surface area contributed by atoms with Crippen LogP contribution in [0.4, 0.5) is 0 Å². The van der Waals surface area contributed by atoms with Gasteiger partial charge in [-0.15, -0.1) is 0 Å². The second-order valence-corrected chi connectivity index (χ2v) is 3.06. The normalized spacial score (nSPS) is 16.7. The lowest BCUT2D eigenvalue weighted by Gasteiger charge is -2.26. The summed E-state index contributed by atoms with van der Waals surface area (Å²) in [5, 5.41) is 0. The molecule has 5 nitrogen and oxygen atoms in total. The molecule has 1 heterocycles. The van der Waals surface area contributed by atoms with Gasteiger partial charge in [-0.1, -0.05) is 6.92 Å². The lowest BCUT2D eigenvalue weighted by molar-refractivity contribution is 0.389. The van der Waals surface area contributed by atoms with Crippen LogP contribution in [0.15, 0.2) is 9.98 Å². The molecule has 0 spiro atoms. The van der Waals surface area contributed by atoms with Crippen LogP contribution < -0.4 is 11.5 Å². The summed E-state index contributed by atoms with van der Waals surface area (Å²) < 4.78 is 0. The van der Waals surface area contributed by atoms with Crippen LogP contribution in [-0.4, -0.2) is 36.5 Å². The first-order valence-electron chi connectivity index (χ1n) is 4.63. The number of nitrogens with two attached hydrogens (primary N) is 2. The number of rotatable bonds is 2. The van der Waals surface area contributed by atoms with Crippen molar-refractivity contribution in [2.75, 3.05) is 19.6 Å². The van der Waals surface area contributed by atoms with Crippen molar-refractivity contribution in [3.63, 3.8) is 0 Å². The standard InChI is InChI=1S/C8H17N5/c1-2-5-13-6-3-4-11-8(13)12-7(9)10/h2-6H2,1H3,(H4,9,10,11,12). The second-order valence-electron chi connectivity index (χ2n) is 3.06. The van der Waals surface area contributed by atoms with E-state index in [-0.39, 0.29) is 5.96 Å². The Balaban J connectivity index is 2.66. The highest BCUT2D eigenvalue weighted by Crippen LogP contribution is 2.04. The maximum atomic E-state index is 5.30. The van der Waals surface area contributed by atoms with Gasteiger partial charge in [-0.25, -0.2) is 0 Å². The average Bonchev–Trinajstić information content (AvgIpc) is 2.08. The molecule has 0 aliphatic carbocycles. The van der Waals surface area contributed by atoms with Gasteiger partial charge >= 0.3 is 0 Å². The van der Waals surface area contributed by atoms with E-state index >= 15 is 0 Å². The fraction of sp³-hybridized carbons (Fsp3) is 0.750. The minimum absolute atomic E-state index is 0.0850. The summed E-state index contributed by atoms with van der Waals surface area (Å²) in [6.07, 6.45) is 2.17. The van der Waals surface area contributed by atoms with E-state index in [1.807, 2.05) is 0 Å². The number of aliphatic imine (C=N–C) groups is 2. The molecule has 0 aromatic rings. The van der Waals surface area contributed by atoms with Crippen molar-refractivity contribution >= 4 is 11.9 Å². The van der Waals surface area contributed by atoms with Crippen molar-refractivity contribution in [2.24, 2.45) is 21.5 Å². The topological polar surface area (TPSA) is 80.0 Å². The van der Waals surface area contributed by atoms with E-state index in [1.165, 1.54) is 0 Å². The fourth-order valence-electron chi connectivity index (χ4n) is 1.34. The van der Waals surface area contributed by atoms with E-state index in [1.54, 1.807) is 0 Å². The Bertz CT molecular complexity index is 217. The van der Waals surface area contributed by atoms with Crippen molar-refractivity contribution in [2.45, 2.75) is 19.8 Å². The third kappa shape index (κ3) is 2.93. The van der Waals surface area contributed by atoms with Crippen molar-refractivity contribution in [3.05, 3.63) is 0 Å². The van der Waals surface area contributed by atoms with Crippen LogP contribution in [-0.2, 0) is 0 Å². The van der Waals surface area contributed by atoms with Crippen molar-refractivity contribution in [1.82, 2.24) is 4.90 Å². The SMILES string of the molecule is CCCN1CCCN=C1N=C(N)N. The Labute approximate surface area is 78.5 Å². The van der Waals surface area contributed by atoms with Gasteiger partial charge in [0.05, 0.1) is 0 Å². The van der Waals surface area contributed by atoms with Gasteiger partial charge < -0.3 is 16.4 Å². The maximum Gasteiger partial charge on any atom is 0.223 e. The van der Waals surface area contributed by atoms with Gasteiger partial charge in [0.1, 0.15) is 0 Å². The van der Waals surface area contributed by atoms with Crippen molar-refractivity contribution in [3.8, 4) is 0 Å². The summed E-state index contributed by atoms with van der Waals surface area (Å²) >= 11 is 0. The summed E-state index contributed by atoms with van der Waals surface area (Å²) in [6, 6.07) is 0. The number of hydrogen-bond donors (Lipinski definition) is 2. The minimum atomic E-state index is 0.0850. The van der Waals surface area contributed by atoms with Gasteiger partial charge in [0.2, 0.25) is 5.96 Å². The summed E-state index contributed by atoms with van der Waals surface area (Å²) in [4.78, 5) is 10.4. The van der Waals surface area contributed by atoms with Gasteiger partial charge in [0.25, 0.3) is 0 Å². The highest BCUT2D eigenvalue weighted by Gasteiger charge is 2.13. The van der Waals surface area contributed by atoms with Gasteiger partial charge in [0, 0.05) is 19.6 Å². The lowest BCUT2D eigenvalue weighted by Crippen LogP contribution is -2.37. The van der Waals surface area contributed by atoms with Gasteiger partial charge in [-0.05, 0) is 12.8 Å². The molecule has 0 atom stereocenters. The molecular weight excluding hydrogens is 166 g/mol. The Kier molecular flexibility index (Phi) is 3.54. The molecule has 0 saturated heterocycles. The van der Waals surface area contributed by atoms with Crippen LogP contribution in [0.25, 0.3) is 0 Å². The molecule has 1 rings (SSSR count). The number of nitrogens with zero attached hydrogens (tertiary/aromatic N) is 3. The van der Waals surface area contributed by atoms with Crippen molar-refractivity contribution < 1.29 is 0 Å². The van der Waals surface area contributed by atoms with Crippen LogP contribution in [0.1, 0.15) is 19.8 Å². The minimum Gasteiger partial charge on any atom is -0.370 e. The van der Waals surface area contributed by atoms with Gasteiger partial charge in [0.15, 0.2) is 5.96 Å². The molecule has 0 amide bonds. The molecular formula is C8H17N5. The molecule has 0 saturated carbocycles. The van der Waals surface area contributed by atoms with Crippen LogP contribution in [0, 0.1) is 0 Å². The maximum absolute atomic E-state index is 5.30. The van der Waals surface area contributed by atoms with Crippen LogP contribution in [0.3, 0.4) is 0 Å². The van der Waals surface area contributed by atoms with E-state index in [4.69, 9.17) is 11.5 Å². The third-order valence-corrected chi connectivity index (χ3v) is 1.84. The fourth-order valence-corrected chi connectivity index (χ4v) is 1.34. The van der Waals surface area contributed by atoms with Crippen LogP contribution >= 0.6 is 0 Å². The Morgan fingerprint density at radius 1 is 1.62 bits per heavy atom. The average molecular weight is 183 g/mol. The summed E-state index contributed by atoms with van der Waals surface area (Å²) in [5.41, 5.74) is 10.6. The predicted octanol–water partition coefficient (Wildman–Crippen LogP) is -0.268. The lowest BCUT2D eigenvalue weighted by atomic mass is 10.3. The summed E-state index contributed by atoms with van der Waals surface area (Å²) in [6.45, 7) is 4.92. The largest absolute Gasteiger partial charge is 0.370 e. The molecule has 0 aromatic carbocycles. The molecule has 0 radical (unpaired) electrons. The zero-order valence-electron chi connectivity index (χ0n) is 8.03. The quantitative estimate of drug-likeness (QED) is 0.457. The Morgan fingerprint density at radius 3 is 3.00 bits per heavy atom. The number of guanidine groups is 2. The molecule has 5 heteroatoms. The molecule has 4 N–H and O–H groups in total. The van der Waals surface area contributed by atoms with E-state index in [2.05, 4.69) is 21.8 Å². The van der Waals surface area contributed by atoms with Gasteiger partial charge in [-0.3, -0.25) is 4.99 Å². The predicted molar refractivity (Wildman–Crippen MR) is 54.6 cm³/mol. The van der Waals surface area contributed by atoms with E-state index in [0.29, 0.717) is 5.96 Å². The molecule has 0 bridgehead atoms. The van der Waals surface area contributed by atoms with E-state index < -0.39 is 0 Å². The molecule has 0 unspecified atom stereocenters. The van der Waals surface area contributed by atoms with Crippen LogP contribution in [0.5, 0.6) is 0 Å². The van der Waals surface area contributed by atoms with Crippen molar-refractivity contribution in [1.29, 1.82) is 0 Å². The molecule has 74 valence electrons. The molecule has 0 aromatic heterocycles. The third-order valence-electron chi connectivity index (χ3n) is 1.84. The first-order chi connectivity index (χ1) is 6.24. The van der Waals surface area contributed by atoms with Gasteiger partial charge in [-0.2, -0.15) is 4.99 Å². The first kappa shape index (κ1) is 9.83. The zero-order chi connectivity index (χ0) is 9.68. The van der Waals surface area contributed by atoms with Crippen LogP contribution in [0.2, 0.25) is 0 Å². The molecule has 1 aliphatic heterocycles. The monoisotopic (exact) mass is 183 g/mol. The second kappa shape index (κ2) is 4.69. The Morgan fingerprint density at radius 2 is 2.38 bits per heavy atom. The summed E-state index contributed by atoms with van der Waals surface area (Å²) in [7, 11) is 0. The smallest absolute Gasteiger partial charge is 0.223 e. The molecule has 13 heavy (non-hydrogen) atoms. The van der Waals surface area contributed by atoms with E-state index in [9.17, 15) is 0 Å². The zero-order valence-corrected chi connectivity index (χ0v) is 8.03. The highest BCUT2D eigenvalue weighted by molar-refractivity contribution is 5.93. The molecule has 1 aliphatic rings. The molecule has 0 fully saturated rings. The number of hydrogen-bond acceptors (Lipinski definition) is 3.